The second-order valence-corrected chi connectivity index (χ2v) is 10.1. The van der Waals surface area contributed by atoms with Crippen LogP contribution in [0.1, 0.15) is 38.7 Å². The second kappa shape index (κ2) is 11.2. The Morgan fingerprint density at radius 1 is 0.946 bits per heavy atom. The highest BCUT2D eigenvalue weighted by molar-refractivity contribution is 6.04. The number of likely N-dealkylation sites (tertiary alicyclic amines) is 1. The van der Waals surface area contributed by atoms with Crippen molar-refractivity contribution in [2.45, 2.75) is 33.1 Å². The molecular weight excluding hydrogens is 456 g/mol. The molecule has 2 aromatic carbocycles. The van der Waals surface area contributed by atoms with Gasteiger partial charge in [-0.1, -0.05) is 62.4 Å². The van der Waals surface area contributed by atoms with Gasteiger partial charge in [0, 0.05) is 42.0 Å². The summed E-state index contributed by atoms with van der Waals surface area (Å²) in [6.07, 6.45) is 7.68. The second-order valence-electron chi connectivity index (χ2n) is 10.1. The summed E-state index contributed by atoms with van der Waals surface area (Å²) in [6, 6.07) is 20.6. The molecule has 0 spiro atoms. The van der Waals surface area contributed by atoms with Crippen molar-refractivity contribution >= 4 is 22.4 Å². The fourth-order valence-corrected chi connectivity index (χ4v) is 5.49. The number of benzene rings is 2. The van der Waals surface area contributed by atoms with Crippen LogP contribution in [0.2, 0.25) is 0 Å². The fraction of sp³-hybridized carbons (Fsp3) is 0.355. The molecule has 192 valence electrons. The average molecular weight is 495 g/mol. The van der Waals surface area contributed by atoms with Crippen molar-refractivity contribution in [2.24, 2.45) is 28.3 Å². The van der Waals surface area contributed by atoms with E-state index in [0.29, 0.717) is 17.5 Å². The van der Waals surface area contributed by atoms with Crippen LogP contribution in [-0.2, 0) is 0 Å². The molecule has 0 amide bonds. The van der Waals surface area contributed by atoms with Crippen LogP contribution in [0.5, 0.6) is 0 Å². The number of nitrogens with two attached hydrogens (primary N) is 2. The Hall–Kier alpha value is -3.64. The molecule has 3 aliphatic rings. The van der Waals surface area contributed by atoms with Crippen LogP contribution in [0, 0.1) is 11.8 Å². The van der Waals surface area contributed by atoms with Crippen LogP contribution >= 0.6 is 0 Å². The van der Waals surface area contributed by atoms with Crippen molar-refractivity contribution in [3.63, 3.8) is 0 Å². The molecule has 6 heteroatoms. The van der Waals surface area contributed by atoms with Gasteiger partial charge in [0.15, 0.2) is 0 Å². The summed E-state index contributed by atoms with van der Waals surface area (Å²) in [7, 11) is 0. The normalized spacial score (nSPS) is 22.4. The third kappa shape index (κ3) is 5.39. The van der Waals surface area contributed by atoms with Gasteiger partial charge in [-0.25, -0.2) is 9.98 Å². The van der Waals surface area contributed by atoms with E-state index >= 15 is 0 Å². The Bertz CT molecular complexity index is 1320. The van der Waals surface area contributed by atoms with Gasteiger partial charge in [-0.05, 0) is 56.3 Å². The highest BCUT2D eigenvalue weighted by atomic mass is 15.2. The fourth-order valence-electron chi connectivity index (χ4n) is 5.49. The number of aliphatic imine (C=N–C) groups is 1. The molecule has 2 fully saturated rings. The zero-order valence-electron chi connectivity index (χ0n) is 22.0. The summed E-state index contributed by atoms with van der Waals surface area (Å²) >= 11 is 0. The molecule has 4 N–H and O–H groups in total. The van der Waals surface area contributed by atoms with E-state index in [2.05, 4.69) is 51.2 Å². The van der Waals surface area contributed by atoms with E-state index in [4.69, 9.17) is 16.5 Å². The van der Waals surface area contributed by atoms with Gasteiger partial charge in [-0.3, -0.25) is 0 Å². The van der Waals surface area contributed by atoms with Crippen LogP contribution in [0.4, 0.5) is 0 Å². The summed E-state index contributed by atoms with van der Waals surface area (Å²) in [6.45, 7) is 8.73. The molecule has 6 rings (SSSR count). The highest BCUT2D eigenvalue weighted by Gasteiger charge is 2.34. The molecule has 1 aromatic heterocycles. The van der Waals surface area contributed by atoms with Gasteiger partial charge in [0.25, 0.3) is 0 Å². The van der Waals surface area contributed by atoms with Crippen LogP contribution in [-0.4, -0.2) is 46.8 Å². The first kappa shape index (κ1) is 25.0. The maximum Gasteiger partial charge on any atom is 0.149 e. The van der Waals surface area contributed by atoms with Crippen molar-refractivity contribution in [2.75, 3.05) is 26.2 Å². The van der Waals surface area contributed by atoms with Crippen molar-refractivity contribution in [3.05, 3.63) is 84.3 Å². The number of hydrogen-bond acceptors (Lipinski definition) is 6. The summed E-state index contributed by atoms with van der Waals surface area (Å²) in [5.74, 6) is 1.95. The van der Waals surface area contributed by atoms with Gasteiger partial charge in [0.2, 0.25) is 0 Å². The lowest BCUT2D eigenvalue weighted by Gasteiger charge is -2.43. The maximum atomic E-state index is 6.75. The van der Waals surface area contributed by atoms with E-state index in [-0.39, 0.29) is 0 Å². The van der Waals surface area contributed by atoms with Gasteiger partial charge < -0.3 is 21.3 Å². The van der Waals surface area contributed by atoms with Crippen LogP contribution < -0.4 is 11.5 Å². The molecule has 1 saturated heterocycles. The summed E-state index contributed by atoms with van der Waals surface area (Å²) in [4.78, 5) is 14.0. The van der Waals surface area contributed by atoms with E-state index in [9.17, 15) is 0 Å². The first-order valence-electron chi connectivity index (χ1n) is 13.6. The molecule has 37 heavy (non-hydrogen) atoms. The van der Waals surface area contributed by atoms with Gasteiger partial charge in [-0.15, -0.1) is 0 Å². The van der Waals surface area contributed by atoms with Crippen molar-refractivity contribution in [1.29, 1.82) is 0 Å². The number of fused-ring (bicyclic) bond motifs is 1. The van der Waals surface area contributed by atoms with Gasteiger partial charge in [0.1, 0.15) is 11.5 Å². The zero-order chi connectivity index (χ0) is 25.8. The van der Waals surface area contributed by atoms with Crippen LogP contribution in [0.25, 0.3) is 27.9 Å². The van der Waals surface area contributed by atoms with Crippen molar-refractivity contribution in [1.82, 2.24) is 14.8 Å². The Kier molecular flexibility index (Phi) is 7.56. The Balaban J connectivity index is 0.00000137. The van der Waals surface area contributed by atoms with E-state index in [1.54, 1.807) is 6.20 Å². The van der Waals surface area contributed by atoms with E-state index in [1.165, 1.54) is 38.9 Å². The lowest BCUT2D eigenvalue weighted by molar-refractivity contribution is 0.0792. The molecule has 2 aliphatic heterocycles. The Labute approximate surface area is 220 Å². The number of amidine groups is 1. The predicted octanol–water partition coefficient (Wildman–Crippen LogP) is 5.43. The molecule has 0 radical (unpaired) electrons. The minimum absolute atomic E-state index is 0.465. The van der Waals surface area contributed by atoms with Gasteiger partial charge >= 0.3 is 0 Å². The largest absolute Gasteiger partial charge is 0.396 e. The predicted molar refractivity (Wildman–Crippen MR) is 154 cm³/mol. The monoisotopic (exact) mass is 494 g/mol. The van der Waals surface area contributed by atoms with E-state index < -0.39 is 0 Å². The van der Waals surface area contributed by atoms with E-state index in [1.807, 2.05) is 44.3 Å². The standard InChI is InChI=1S/C29H32N6.C2H6/c30-27(24-8-7-23-9-10-25(33-26(23)17-24)22-5-2-1-3-6-22)28-29(31)32-11-14-35(28)19-21-15-20(16-21)18-34-12-4-13-34;1-2/h1-3,5-11,14,17,20-21H,4,12-13,15-16,18-19,30H2,(H2,31,32);1-2H3/b28-27-;. The van der Waals surface area contributed by atoms with Crippen LogP contribution in [0.3, 0.4) is 0 Å². The first-order valence-corrected chi connectivity index (χ1v) is 13.6. The Morgan fingerprint density at radius 3 is 2.41 bits per heavy atom. The summed E-state index contributed by atoms with van der Waals surface area (Å²) in [5.41, 5.74) is 18.4. The number of hydrogen-bond donors (Lipinski definition) is 2. The molecule has 6 nitrogen and oxygen atoms in total. The molecule has 0 unspecified atom stereocenters. The minimum atomic E-state index is 0.465. The molecule has 1 aliphatic carbocycles. The summed E-state index contributed by atoms with van der Waals surface area (Å²) in [5, 5.41) is 1.08. The molecular formula is C31H38N6. The lowest BCUT2D eigenvalue weighted by atomic mass is 9.74. The zero-order valence-corrected chi connectivity index (χ0v) is 22.0. The number of aromatic nitrogens is 1. The molecule has 0 atom stereocenters. The molecule has 0 bridgehead atoms. The van der Waals surface area contributed by atoms with Crippen LogP contribution in [0.15, 0.2) is 83.8 Å². The lowest BCUT2D eigenvalue weighted by Crippen LogP contribution is -2.45. The topological polar surface area (TPSA) is 83.8 Å². The number of rotatable bonds is 6. The molecule has 1 saturated carbocycles. The van der Waals surface area contributed by atoms with E-state index in [0.717, 1.165) is 45.9 Å². The molecule has 3 heterocycles. The van der Waals surface area contributed by atoms with Gasteiger partial charge in [-0.2, -0.15) is 0 Å². The van der Waals surface area contributed by atoms with Gasteiger partial charge in [0.05, 0.1) is 16.9 Å². The SMILES string of the molecule is CC.NC1=NC=CN(CC2CC(CN3CCC3)C2)/C1=C(\N)c1ccc2ccc(-c3ccccc3)nc2c1. The van der Waals surface area contributed by atoms with Crippen molar-refractivity contribution in [3.8, 4) is 11.3 Å². The first-order chi connectivity index (χ1) is 18.1. The van der Waals surface area contributed by atoms with Crippen molar-refractivity contribution < 1.29 is 0 Å². The minimum Gasteiger partial charge on any atom is -0.396 e. The smallest absolute Gasteiger partial charge is 0.149 e. The highest BCUT2D eigenvalue weighted by Crippen LogP contribution is 2.37. The third-order valence-corrected chi connectivity index (χ3v) is 7.57. The average Bonchev–Trinajstić information content (AvgIpc) is 2.89. The Morgan fingerprint density at radius 2 is 1.68 bits per heavy atom. The number of nitrogens with zero attached hydrogens (tertiary/aromatic N) is 4. The molecule has 3 aromatic rings. The number of pyridine rings is 1. The summed E-state index contributed by atoms with van der Waals surface area (Å²) < 4.78 is 0. The third-order valence-electron chi connectivity index (χ3n) is 7.57. The quantitative estimate of drug-likeness (QED) is 0.477. The maximum absolute atomic E-state index is 6.75.